The number of hydrogen-bond donors (Lipinski definition) is 1. The number of benzene rings is 2. The average molecular weight is 325 g/mol. The number of ether oxygens (including phenoxy) is 1. The van der Waals surface area contributed by atoms with Crippen LogP contribution in [-0.4, -0.2) is 39.4 Å². The molecule has 24 heavy (non-hydrogen) atoms. The number of amides is 1. The Labute approximate surface area is 139 Å². The molecule has 6 heteroatoms. The van der Waals surface area contributed by atoms with Gasteiger partial charge in [0.1, 0.15) is 18.1 Å². The molecule has 1 heterocycles. The number of imidazole rings is 1. The first-order chi connectivity index (χ1) is 11.6. The summed E-state index contributed by atoms with van der Waals surface area (Å²) in [6.45, 7) is 1.96. The molecular formula is C18H19N3O3. The number of rotatable bonds is 5. The van der Waals surface area contributed by atoms with Crippen LogP contribution in [0, 0.1) is 0 Å². The van der Waals surface area contributed by atoms with Crippen molar-refractivity contribution in [1.82, 2.24) is 14.6 Å². The molecule has 0 aliphatic rings. The maximum Gasteiger partial charge on any atom is 0.265 e. The molecular weight excluding hydrogens is 306 g/mol. The Bertz CT molecular complexity index is 859. The average Bonchev–Trinajstić information content (AvgIpc) is 2.99. The second-order valence-corrected chi connectivity index (χ2v) is 5.35. The Hall–Kier alpha value is -2.86. The minimum Gasteiger partial charge on any atom is -0.497 e. The van der Waals surface area contributed by atoms with E-state index < -0.39 is 0 Å². The van der Waals surface area contributed by atoms with Gasteiger partial charge in [0.15, 0.2) is 0 Å². The van der Waals surface area contributed by atoms with Crippen molar-refractivity contribution >= 4 is 16.9 Å². The molecule has 0 aliphatic carbocycles. The van der Waals surface area contributed by atoms with Crippen molar-refractivity contribution in [3.05, 3.63) is 48.5 Å². The molecule has 0 aliphatic heterocycles. The van der Waals surface area contributed by atoms with Gasteiger partial charge in [0.2, 0.25) is 0 Å². The number of fused-ring (bicyclic) bond motifs is 1. The lowest BCUT2D eigenvalue weighted by atomic mass is 10.2. The number of hydroxylamine groups is 2. The number of likely N-dealkylation sites (N-methyl/N-ethyl adjacent to an activating group) is 1. The molecule has 3 aromatic rings. The molecule has 0 saturated carbocycles. The van der Waals surface area contributed by atoms with Crippen LogP contribution >= 0.6 is 0 Å². The van der Waals surface area contributed by atoms with Crippen LogP contribution in [0.25, 0.3) is 22.4 Å². The zero-order chi connectivity index (χ0) is 17.1. The minimum absolute atomic E-state index is 0.0113. The van der Waals surface area contributed by atoms with E-state index in [0.29, 0.717) is 16.6 Å². The molecule has 6 nitrogen and oxygen atoms in total. The Kier molecular flexibility index (Phi) is 4.48. The van der Waals surface area contributed by atoms with E-state index in [1.807, 2.05) is 53.1 Å². The van der Waals surface area contributed by atoms with Gasteiger partial charge in [0, 0.05) is 18.2 Å². The highest BCUT2D eigenvalue weighted by Gasteiger charge is 2.18. The fraction of sp³-hybridized carbons (Fsp3) is 0.222. The highest BCUT2D eigenvalue weighted by molar-refractivity contribution is 5.85. The zero-order valence-electron chi connectivity index (χ0n) is 13.6. The van der Waals surface area contributed by atoms with Gasteiger partial charge in [-0.25, -0.2) is 10.0 Å². The molecule has 0 bridgehead atoms. The number of carbonyl (C=O) groups excluding carboxylic acids is 1. The van der Waals surface area contributed by atoms with Gasteiger partial charge < -0.3 is 9.30 Å². The van der Waals surface area contributed by atoms with E-state index >= 15 is 0 Å². The van der Waals surface area contributed by atoms with Gasteiger partial charge in [0.05, 0.1) is 18.1 Å². The second kappa shape index (κ2) is 6.72. The highest BCUT2D eigenvalue weighted by Crippen LogP contribution is 2.27. The minimum atomic E-state index is -0.384. The standard InChI is InChI=1S/C18H19N3O3/c1-3-21(23)17(22)12-20-16-10-9-14(24-2)11-15(16)19-18(20)13-7-5-4-6-8-13/h4-11,23H,3,12H2,1-2H3. The predicted octanol–water partition coefficient (Wildman–Crippen LogP) is 2.95. The summed E-state index contributed by atoms with van der Waals surface area (Å²) in [5, 5.41) is 10.4. The molecule has 0 fully saturated rings. The molecule has 1 aromatic heterocycles. The van der Waals surface area contributed by atoms with Crippen LogP contribution in [0.1, 0.15) is 6.92 Å². The molecule has 1 amide bonds. The maximum atomic E-state index is 12.2. The van der Waals surface area contributed by atoms with Gasteiger partial charge in [0.25, 0.3) is 5.91 Å². The first kappa shape index (κ1) is 16.0. The van der Waals surface area contributed by atoms with E-state index in [0.717, 1.165) is 16.6 Å². The summed E-state index contributed by atoms with van der Waals surface area (Å²) in [7, 11) is 1.60. The smallest absolute Gasteiger partial charge is 0.265 e. The Morgan fingerprint density at radius 2 is 2.00 bits per heavy atom. The van der Waals surface area contributed by atoms with Gasteiger partial charge in [-0.3, -0.25) is 10.0 Å². The van der Waals surface area contributed by atoms with Crippen LogP contribution in [0.5, 0.6) is 5.75 Å². The van der Waals surface area contributed by atoms with Crippen LogP contribution in [0.4, 0.5) is 0 Å². The largest absolute Gasteiger partial charge is 0.497 e. The lowest BCUT2D eigenvalue weighted by molar-refractivity contribution is -0.164. The highest BCUT2D eigenvalue weighted by atomic mass is 16.5. The van der Waals surface area contributed by atoms with Crippen molar-refractivity contribution < 1.29 is 14.7 Å². The summed E-state index contributed by atoms with van der Waals surface area (Å²) in [5.41, 5.74) is 2.45. The molecule has 0 saturated heterocycles. The second-order valence-electron chi connectivity index (χ2n) is 5.35. The van der Waals surface area contributed by atoms with E-state index in [4.69, 9.17) is 4.74 Å². The van der Waals surface area contributed by atoms with E-state index in [2.05, 4.69) is 4.98 Å². The first-order valence-electron chi connectivity index (χ1n) is 7.73. The third kappa shape index (κ3) is 2.96. The third-order valence-corrected chi connectivity index (χ3v) is 3.87. The molecule has 0 unspecified atom stereocenters. The van der Waals surface area contributed by atoms with Crippen molar-refractivity contribution in [3.63, 3.8) is 0 Å². The Morgan fingerprint density at radius 1 is 1.25 bits per heavy atom. The number of hydrogen-bond acceptors (Lipinski definition) is 4. The van der Waals surface area contributed by atoms with Crippen molar-refractivity contribution in [2.45, 2.75) is 13.5 Å². The zero-order valence-corrected chi connectivity index (χ0v) is 13.6. The van der Waals surface area contributed by atoms with Gasteiger partial charge in [-0.1, -0.05) is 30.3 Å². The van der Waals surface area contributed by atoms with Gasteiger partial charge in [-0.05, 0) is 19.1 Å². The number of methoxy groups -OCH3 is 1. The summed E-state index contributed by atoms with van der Waals surface area (Å²) in [4.78, 5) is 16.9. The van der Waals surface area contributed by atoms with Crippen LogP contribution in [0.2, 0.25) is 0 Å². The fourth-order valence-electron chi connectivity index (χ4n) is 2.60. The van der Waals surface area contributed by atoms with Crippen LogP contribution < -0.4 is 4.74 Å². The van der Waals surface area contributed by atoms with Gasteiger partial charge in [-0.2, -0.15) is 0 Å². The molecule has 124 valence electrons. The summed E-state index contributed by atoms with van der Waals surface area (Å²) in [6.07, 6.45) is 0. The lowest BCUT2D eigenvalue weighted by Gasteiger charge is -2.14. The SMILES string of the molecule is CCN(O)C(=O)Cn1c(-c2ccccc2)nc2cc(OC)ccc21. The summed E-state index contributed by atoms with van der Waals surface area (Å²) < 4.78 is 7.06. The van der Waals surface area contributed by atoms with Crippen LogP contribution in [-0.2, 0) is 11.3 Å². The fourth-order valence-corrected chi connectivity index (χ4v) is 2.60. The van der Waals surface area contributed by atoms with Crippen LogP contribution in [0.15, 0.2) is 48.5 Å². The molecule has 1 N–H and O–H groups in total. The maximum absolute atomic E-state index is 12.2. The monoisotopic (exact) mass is 325 g/mol. The normalized spacial score (nSPS) is 10.8. The number of carbonyl (C=O) groups is 1. The van der Waals surface area contributed by atoms with Crippen molar-refractivity contribution in [2.24, 2.45) is 0 Å². The first-order valence-corrected chi connectivity index (χ1v) is 7.73. The van der Waals surface area contributed by atoms with Crippen molar-refractivity contribution in [1.29, 1.82) is 0 Å². The topological polar surface area (TPSA) is 67.6 Å². The summed E-state index contributed by atoms with van der Waals surface area (Å²) in [5.74, 6) is 0.997. The predicted molar refractivity (Wildman–Crippen MR) is 90.9 cm³/mol. The van der Waals surface area contributed by atoms with E-state index in [-0.39, 0.29) is 19.0 Å². The molecule has 2 aromatic carbocycles. The molecule has 0 atom stereocenters. The molecule has 3 rings (SSSR count). The van der Waals surface area contributed by atoms with E-state index in [1.165, 1.54) is 0 Å². The number of nitrogens with zero attached hydrogens (tertiary/aromatic N) is 3. The Balaban J connectivity index is 2.14. The molecule has 0 spiro atoms. The van der Waals surface area contributed by atoms with Crippen LogP contribution in [0.3, 0.4) is 0 Å². The van der Waals surface area contributed by atoms with E-state index in [1.54, 1.807) is 14.0 Å². The van der Waals surface area contributed by atoms with Crippen molar-refractivity contribution in [2.75, 3.05) is 13.7 Å². The number of aromatic nitrogens is 2. The summed E-state index contributed by atoms with van der Waals surface area (Å²) in [6, 6.07) is 15.2. The van der Waals surface area contributed by atoms with E-state index in [9.17, 15) is 10.0 Å². The van der Waals surface area contributed by atoms with Gasteiger partial charge >= 0.3 is 0 Å². The third-order valence-electron chi connectivity index (χ3n) is 3.87. The Morgan fingerprint density at radius 3 is 2.67 bits per heavy atom. The quantitative estimate of drug-likeness (QED) is 0.578. The van der Waals surface area contributed by atoms with Gasteiger partial charge in [-0.15, -0.1) is 0 Å². The molecule has 0 radical (unpaired) electrons. The lowest BCUT2D eigenvalue weighted by Crippen LogP contribution is -2.30. The summed E-state index contributed by atoms with van der Waals surface area (Å²) >= 11 is 0. The van der Waals surface area contributed by atoms with Crippen molar-refractivity contribution in [3.8, 4) is 17.1 Å².